The number of para-hydroxylation sites is 1. The maximum Gasteiger partial charge on any atom is 0.293 e. The number of nitrogens with one attached hydrogen (secondary N) is 1. The zero-order valence-corrected chi connectivity index (χ0v) is 18.7. The summed E-state index contributed by atoms with van der Waals surface area (Å²) in [4.78, 5) is 25.6. The van der Waals surface area contributed by atoms with Crippen LogP contribution in [0.15, 0.2) is 59.4 Å². The molecule has 33 heavy (non-hydrogen) atoms. The Morgan fingerprint density at radius 1 is 1.09 bits per heavy atom. The van der Waals surface area contributed by atoms with Crippen LogP contribution >= 0.6 is 0 Å². The van der Waals surface area contributed by atoms with E-state index in [1.807, 2.05) is 55.5 Å². The van der Waals surface area contributed by atoms with Crippen molar-refractivity contribution in [3.8, 4) is 22.8 Å². The molecule has 4 aromatic rings. The predicted molar refractivity (Wildman–Crippen MR) is 123 cm³/mol. The average molecular weight is 447 g/mol. The van der Waals surface area contributed by atoms with Crippen molar-refractivity contribution in [2.45, 2.75) is 26.9 Å². The molecule has 9 nitrogen and oxygen atoms in total. The minimum Gasteiger partial charge on any atom is -0.497 e. The number of carbonyl (C=O) groups excluding carboxylic acids is 1. The summed E-state index contributed by atoms with van der Waals surface area (Å²) >= 11 is 0. The van der Waals surface area contributed by atoms with Gasteiger partial charge in [0.05, 0.1) is 19.4 Å². The van der Waals surface area contributed by atoms with Gasteiger partial charge in [-0.15, -0.1) is 0 Å². The predicted octanol–water partition coefficient (Wildman–Crippen LogP) is 2.59. The molecule has 9 heteroatoms. The molecular formula is C24H25N5O4. The first-order chi connectivity index (χ1) is 16.0. The number of aromatic nitrogens is 4. The third kappa shape index (κ3) is 4.72. The van der Waals surface area contributed by atoms with E-state index in [0.29, 0.717) is 30.2 Å². The SMILES string of the molecule is CCOc1ccccc1CNC(=O)Cn1nc(C)n2nc(-c3ccc(OC)cc3)cc2c1=O. The van der Waals surface area contributed by atoms with Crippen molar-refractivity contribution in [1.29, 1.82) is 0 Å². The van der Waals surface area contributed by atoms with Gasteiger partial charge in [-0.05, 0) is 50.2 Å². The maximum absolute atomic E-state index is 13.0. The number of aryl methyl sites for hydroxylation is 1. The van der Waals surface area contributed by atoms with Crippen LogP contribution in [0.3, 0.4) is 0 Å². The Morgan fingerprint density at radius 3 is 2.58 bits per heavy atom. The molecule has 0 aliphatic heterocycles. The Balaban J connectivity index is 1.54. The van der Waals surface area contributed by atoms with Crippen molar-refractivity contribution in [3.05, 3.63) is 76.3 Å². The van der Waals surface area contributed by atoms with E-state index in [4.69, 9.17) is 9.47 Å². The highest BCUT2D eigenvalue weighted by Gasteiger charge is 2.15. The highest BCUT2D eigenvalue weighted by Crippen LogP contribution is 2.22. The van der Waals surface area contributed by atoms with Gasteiger partial charge in [0.25, 0.3) is 5.56 Å². The monoisotopic (exact) mass is 447 g/mol. The number of rotatable bonds is 8. The lowest BCUT2D eigenvalue weighted by Gasteiger charge is -2.11. The summed E-state index contributed by atoms with van der Waals surface area (Å²) in [5, 5.41) is 11.6. The maximum atomic E-state index is 13.0. The van der Waals surface area contributed by atoms with Crippen LogP contribution in [-0.4, -0.2) is 39.0 Å². The normalized spacial score (nSPS) is 10.9. The van der Waals surface area contributed by atoms with E-state index in [1.54, 1.807) is 20.1 Å². The Kier molecular flexibility index (Phi) is 6.39. The van der Waals surface area contributed by atoms with Crippen LogP contribution < -0.4 is 20.3 Å². The van der Waals surface area contributed by atoms with E-state index in [1.165, 1.54) is 4.52 Å². The Hall–Kier alpha value is -4.14. The lowest BCUT2D eigenvalue weighted by atomic mass is 10.1. The quantitative estimate of drug-likeness (QED) is 0.446. The molecule has 170 valence electrons. The van der Waals surface area contributed by atoms with Crippen molar-refractivity contribution in [3.63, 3.8) is 0 Å². The number of amides is 1. The Bertz CT molecular complexity index is 1340. The number of carbonyl (C=O) groups is 1. The molecule has 4 rings (SSSR count). The Labute approximate surface area is 190 Å². The van der Waals surface area contributed by atoms with Crippen molar-refractivity contribution in [1.82, 2.24) is 24.7 Å². The van der Waals surface area contributed by atoms with E-state index in [2.05, 4.69) is 15.5 Å². The van der Waals surface area contributed by atoms with E-state index in [9.17, 15) is 9.59 Å². The molecule has 0 aliphatic rings. The summed E-state index contributed by atoms with van der Waals surface area (Å²) in [5.41, 5.74) is 2.30. The second-order valence-electron chi connectivity index (χ2n) is 7.38. The molecule has 0 spiro atoms. The molecule has 0 unspecified atom stereocenters. The fourth-order valence-electron chi connectivity index (χ4n) is 3.52. The molecule has 2 aromatic heterocycles. The first-order valence-electron chi connectivity index (χ1n) is 10.6. The number of hydrogen-bond acceptors (Lipinski definition) is 6. The summed E-state index contributed by atoms with van der Waals surface area (Å²) in [7, 11) is 1.60. The van der Waals surface area contributed by atoms with Crippen LogP contribution in [0, 0.1) is 6.92 Å². The van der Waals surface area contributed by atoms with Gasteiger partial charge in [-0.2, -0.15) is 10.2 Å². The molecule has 0 fully saturated rings. The van der Waals surface area contributed by atoms with E-state index < -0.39 is 5.56 Å². The zero-order valence-electron chi connectivity index (χ0n) is 18.7. The van der Waals surface area contributed by atoms with Crippen LogP contribution in [0.5, 0.6) is 11.5 Å². The number of ether oxygens (including phenoxy) is 2. The molecule has 0 aliphatic carbocycles. The summed E-state index contributed by atoms with van der Waals surface area (Å²) in [5.74, 6) is 1.63. The third-order valence-electron chi connectivity index (χ3n) is 5.16. The number of hydrogen-bond donors (Lipinski definition) is 1. The summed E-state index contributed by atoms with van der Waals surface area (Å²) < 4.78 is 13.4. The van der Waals surface area contributed by atoms with Crippen molar-refractivity contribution >= 4 is 11.4 Å². The Morgan fingerprint density at radius 2 is 1.85 bits per heavy atom. The number of benzene rings is 2. The van der Waals surface area contributed by atoms with Crippen molar-refractivity contribution in [2.75, 3.05) is 13.7 Å². The second kappa shape index (κ2) is 9.56. The van der Waals surface area contributed by atoms with Gasteiger partial charge in [-0.25, -0.2) is 9.20 Å². The average Bonchev–Trinajstić information content (AvgIpc) is 3.29. The second-order valence-corrected chi connectivity index (χ2v) is 7.38. The zero-order chi connectivity index (χ0) is 23.4. The van der Waals surface area contributed by atoms with Crippen LogP contribution in [0.25, 0.3) is 16.8 Å². The number of nitrogens with zero attached hydrogens (tertiary/aromatic N) is 4. The van der Waals surface area contributed by atoms with Gasteiger partial charge >= 0.3 is 0 Å². The molecule has 0 radical (unpaired) electrons. The van der Waals surface area contributed by atoms with Gasteiger partial charge < -0.3 is 14.8 Å². The van der Waals surface area contributed by atoms with Crippen LogP contribution in [0.2, 0.25) is 0 Å². The molecule has 0 saturated heterocycles. The summed E-state index contributed by atoms with van der Waals surface area (Å²) in [6.07, 6.45) is 0. The van der Waals surface area contributed by atoms with Gasteiger partial charge in [-0.1, -0.05) is 18.2 Å². The first kappa shape index (κ1) is 22.1. The number of fused-ring (bicyclic) bond motifs is 1. The number of methoxy groups -OCH3 is 1. The molecule has 0 bridgehead atoms. The van der Waals surface area contributed by atoms with E-state index in [-0.39, 0.29) is 12.5 Å². The van der Waals surface area contributed by atoms with Crippen LogP contribution in [0.1, 0.15) is 18.3 Å². The largest absolute Gasteiger partial charge is 0.497 e. The van der Waals surface area contributed by atoms with Gasteiger partial charge in [0.1, 0.15) is 29.4 Å². The fourth-order valence-corrected chi connectivity index (χ4v) is 3.52. The van der Waals surface area contributed by atoms with Crippen LogP contribution in [-0.2, 0) is 17.9 Å². The van der Waals surface area contributed by atoms with Crippen molar-refractivity contribution < 1.29 is 14.3 Å². The first-order valence-corrected chi connectivity index (χ1v) is 10.6. The lowest BCUT2D eigenvalue weighted by molar-refractivity contribution is -0.122. The van der Waals surface area contributed by atoms with Crippen molar-refractivity contribution in [2.24, 2.45) is 0 Å². The highest BCUT2D eigenvalue weighted by atomic mass is 16.5. The van der Waals surface area contributed by atoms with Crippen LogP contribution in [0.4, 0.5) is 0 Å². The molecule has 1 amide bonds. The molecule has 0 saturated carbocycles. The molecule has 1 N–H and O–H groups in total. The topological polar surface area (TPSA) is 99.8 Å². The minimum absolute atomic E-state index is 0.198. The highest BCUT2D eigenvalue weighted by molar-refractivity contribution is 5.76. The van der Waals surface area contributed by atoms with E-state index >= 15 is 0 Å². The summed E-state index contributed by atoms with van der Waals surface area (Å²) in [6.45, 7) is 4.27. The van der Waals surface area contributed by atoms with Gasteiger partial charge in [0, 0.05) is 17.7 Å². The third-order valence-corrected chi connectivity index (χ3v) is 5.16. The molecule has 0 atom stereocenters. The molecular weight excluding hydrogens is 422 g/mol. The fraction of sp³-hybridized carbons (Fsp3) is 0.250. The smallest absolute Gasteiger partial charge is 0.293 e. The van der Waals surface area contributed by atoms with Gasteiger partial charge in [-0.3, -0.25) is 9.59 Å². The molecule has 2 heterocycles. The van der Waals surface area contributed by atoms with Gasteiger partial charge in [0.15, 0.2) is 0 Å². The standard InChI is InChI=1S/C24H25N5O4/c1-4-33-22-8-6-5-7-18(22)14-25-23(30)15-28-24(31)21-13-20(27-29(21)16(2)26-28)17-9-11-19(32-3)12-10-17/h5-13H,4,14-15H2,1-3H3,(H,25,30). The molecule has 2 aromatic carbocycles. The van der Waals surface area contributed by atoms with E-state index in [0.717, 1.165) is 27.3 Å². The summed E-state index contributed by atoms with van der Waals surface area (Å²) in [6, 6.07) is 16.6. The minimum atomic E-state index is -0.391. The van der Waals surface area contributed by atoms with Gasteiger partial charge in [0.2, 0.25) is 5.91 Å². The lowest BCUT2D eigenvalue weighted by Crippen LogP contribution is -2.34.